The smallest absolute Gasteiger partial charge is 0.474 e. The molecule has 0 aliphatic carbocycles. The predicted molar refractivity (Wildman–Crippen MR) is 421 cm³/mol. The number of nitro groups is 1. The number of aromatic nitrogens is 3. The molecule has 0 spiro atoms. The molecule has 26 unspecified atom stereocenters. The van der Waals surface area contributed by atoms with Crippen LogP contribution in [0.15, 0.2) is 77.5 Å². The lowest BCUT2D eigenvalue weighted by atomic mass is 9.85. The molecule has 1 aromatic carbocycles. The van der Waals surface area contributed by atoms with Crippen molar-refractivity contribution in [1.29, 1.82) is 0 Å². The Kier molecular flexibility index (Phi) is 37.7. The Morgan fingerprint density at radius 1 is 0.772 bits per heavy atom. The van der Waals surface area contributed by atoms with Crippen molar-refractivity contribution in [2.24, 2.45) is 28.5 Å². The minimum absolute atomic E-state index is 0.0864. The molecular weight excluding hydrogens is 1660 g/mol. The van der Waals surface area contributed by atoms with E-state index in [0.29, 0.717) is 12.8 Å². The maximum atomic E-state index is 14.2. The van der Waals surface area contributed by atoms with Crippen LogP contribution in [0.5, 0.6) is 0 Å². The highest BCUT2D eigenvalue weighted by Gasteiger charge is 2.62. The number of hydrogen-bond acceptors (Lipinski definition) is 36. The lowest BCUT2D eigenvalue weighted by molar-refractivity contribution is -0.385. The number of phosphoric ester groups is 1. The SMILES string of the molecule is C=C(C/C=C(\C)CCC=C(C)C)CCC(C)(C)/C=C/CC/C(C)=C\CO[C@H](COP(=O)(O)OC1OC(C(N)=O)C(C)(O)C(OC(N)=O)C1OC1OC(COC2OC(CO)C(O)C(O)C2O)C(OC2OC(C)C(OC3OC(c4nc(C(=O)CCC(=O)O)nn4-c4ccc([N+](=O)[O-])c(C(=O)NCCN)c4)C(O)C(O)C3O)C(O)C2C)C(O)C1NC(C)=O)C(=O)O. The molecule has 690 valence electrons. The summed E-state index contributed by atoms with van der Waals surface area (Å²) in [6.45, 7) is 17.0. The maximum Gasteiger partial charge on any atom is 0.474 e. The van der Waals surface area contributed by atoms with Gasteiger partial charge in [0.15, 0.2) is 61.7 Å². The van der Waals surface area contributed by atoms with Gasteiger partial charge in [0, 0.05) is 38.4 Å². The fraction of sp³-hybridized carbons (Fsp3) is 0.675. The van der Waals surface area contributed by atoms with E-state index in [9.17, 15) is 114 Å². The minimum Gasteiger partial charge on any atom is -0.481 e. The van der Waals surface area contributed by atoms with Gasteiger partial charge in [-0.2, -0.15) is 0 Å². The summed E-state index contributed by atoms with van der Waals surface area (Å²) >= 11 is 0. The van der Waals surface area contributed by atoms with Crippen molar-refractivity contribution in [3.8, 4) is 5.69 Å². The number of nitrogens with zero attached hydrogens (tertiary/aromatic N) is 4. The van der Waals surface area contributed by atoms with Crippen molar-refractivity contribution in [3.63, 3.8) is 0 Å². The molecule has 7 rings (SSSR count). The topological polar surface area (TPSA) is 696 Å². The third kappa shape index (κ3) is 27.8. The van der Waals surface area contributed by atoms with Gasteiger partial charge in [-0.25, -0.2) is 23.8 Å². The molecule has 4 amide bonds. The number of hydrogen-bond donors (Lipinski definition) is 18. The molecule has 0 saturated carbocycles. The van der Waals surface area contributed by atoms with E-state index in [1.54, 1.807) is 13.0 Å². The predicted octanol–water partition coefficient (Wildman–Crippen LogP) is -0.547. The second kappa shape index (κ2) is 45.4. The van der Waals surface area contributed by atoms with E-state index in [1.165, 1.54) is 25.0 Å². The molecule has 0 bridgehead atoms. The first-order valence-electron chi connectivity index (χ1n) is 39.6. The van der Waals surface area contributed by atoms with Gasteiger partial charge in [0.05, 0.1) is 55.7 Å². The highest BCUT2D eigenvalue weighted by Crippen LogP contribution is 2.49. The first-order chi connectivity index (χ1) is 57.6. The highest BCUT2D eigenvalue weighted by molar-refractivity contribution is 7.47. The van der Waals surface area contributed by atoms with Crippen LogP contribution in [0.1, 0.15) is 160 Å². The number of carboxylic acid groups (broad SMARTS) is 2. The summed E-state index contributed by atoms with van der Waals surface area (Å²) in [6, 6.07) is 0.801. The average molecular weight is 1770 g/mol. The standard InChI is InChI=1S/C77H116N9O36P/c1-35(2)15-14-17-36(3)18-19-38(5)24-27-76(9,10)26-13-12-16-37(4)25-30-110-48(69(102)103)34-112-123(108,109)122-74-62(63(121-75(80)104)77(11,105)64(120-74)65(79)100)119-71-50(82-41(8)88)53(94)60(47(115-71)33-111-72-57(98)54(95)52(93)46(32-87)114-72)117-70-39(6)51(92)59(40(7)113-70)116-73-58(99)55(96)56(97)61(118-73)67-83-66(45(89)22-23-49(90)91)84-85(67)42-20-21-44(86(106)107)43(31-42)68(101)81-29-28-78/h13,15,18,20-21,25-26,31,39-40,46-48,50-64,70-74,87,92-99,105H,5,12,14,16-17,19,22-24,27-30,32-34,78H2,1-4,6-11H3,(H2,79,100)(H2,80,104)(H,81,101)(H,82,88)(H,90,91)(H,102,103)(H,108,109)/b26-13+,36-18+,37-25-/t39?,40?,46?,47?,48-,50?,51?,52?,53?,54?,55?,56?,57?,58?,59?,60?,61?,62?,63?,64?,70?,71?,72?,73?,74?,77?/m1/s1. The number of aliphatic carboxylic acids is 2. The number of nitro benzene ring substituents is 1. The fourth-order valence-corrected chi connectivity index (χ4v) is 14.7. The van der Waals surface area contributed by atoms with E-state index in [2.05, 4.69) is 80.1 Å². The summed E-state index contributed by atoms with van der Waals surface area (Å²) in [5.74, 6) is -10.4. The van der Waals surface area contributed by atoms with Gasteiger partial charge in [0.1, 0.15) is 90.5 Å². The summed E-state index contributed by atoms with van der Waals surface area (Å²) in [5, 5.41) is 155. The summed E-state index contributed by atoms with van der Waals surface area (Å²) in [6.07, 6.45) is -35.8. The number of primary amides is 2. The first-order valence-corrected chi connectivity index (χ1v) is 41.1. The van der Waals surface area contributed by atoms with Crippen molar-refractivity contribution in [2.75, 3.05) is 39.5 Å². The molecule has 21 N–H and O–H groups in total. The van der Waals surface area contributed by atoms with Crippen molar-refractivity contribution in [1.82, 2.24) is 25.4 Å². The number of carbonyl (C=O) groups is 7. The number of nitrogens with two attached hydrogens (primary N) is 3. The number of carboxylic acids is 2. The van der Waals surface area contributed by atoms with E-state index >= 15 is 0 Å². The van der Waals surface area contributed by atoms with Gasteiger partial charge in [-0.3, -0.25) is 43.1 Å². The van der Waals surface area contributed by atoms with Crippen LogP contribution in [0.4, 0.5) is 10.5 Å². The van der Waals surface area contributed by atoms with Gasteiger partial charge < -0.3 is 146 Å². The van der Waals surface area contributed by atoms with E-state index in [0.717, 1.165) is 80.0 Å². The Balaban J connectivity index is 1.13. The van der Waals surface area contributed by atoms with Crippen LogP contribution in [0.3, 0.4) is 0 Å². The number of amides is 4. The Morgan fingerprint density at radius 3 is 2.04 bits per heavy atom. The number of ether oxygens (including phenoxy) is 11. The van der Waals surface area contributed by atoms with E-state index < -0.39 is 269 Å². The maximum absolute atomic E-state index is 14.2. The molecule has 5 fully saturated rings. The third-order valence-corrected chi connectivity index (χ3v) is 21.9. The number of benzene rings is 1. The lowest BCUT2D eigenvalue weighted by Gasteiger charge is -2.51. The Labute approximate surface area is 706 Å². The van der Waals surface area contributed by atoms with Crippen LogP contribution in [-0.2, 0) is 84.9 Å². The van der Waals surface area contributed by atoms with Crippen LogP contribution in [0, 0.1) is 21.4 Å². The fourth-order valence-electron chi connectivity index (χ4n) is 13.9. The molecule has 45 nitrogen and oxygen atoms in total. The van der Waals surface area contributed by atoms with Crippen LogP contribution in [0.2, 0.25) is 0 Å². The number of aliphatic hydroxyl groups is 10. The van der Waals surface area contributed by atoms with Crippen molar-refractivity contribution in [2.45, 2.75) is 280 Å². The first kappa shape index (κ1) is 102. The molecule has 2 aromatic rings. The molecule has 5 aliphatic heterocycles. The molecule has 5 saturated heterocycles. The Bertz CT molecular complexity index is 4160. The zero-order valence-electron chi connectivity index (χ0n) is 69.5. The number of aliphatic hydroxyl groups excluding tert-OH is 9. The molecule has 27 atom stereocenters. The number of phosphoric acid groups is 1. The van der Waals surface area contributed by atoms with Crippen LogP contribution < -0.4 is 27.8 Å². The van der Waals surface area contributed by atoms with Crippen LogP contribution in [-0.4, -0.2) is 314 Å². The molecule has 5 aliphatic rings. The van der Waals surface area contributed by atoms with Gasteiger partial charge in [0.25, 0.3) is 11.6 Å². The zero-order chi connectivity index (χ0) is 91.6. The summed E-state index contributed by atoms with van der Waals surface area (Å²) in [4.78, 5) is 117. The Morgan fingerprint density at radius 2 is 1.41 bits per heavy atom. The number of carbonyl (C=O) groups excluding carboxylic acids is 5. The van der Waals surface area contributed by atoms with Crippen molar-refractivity contribution in [3.05, 3.63) is 105 Å². The molecule has 46 heteroatoms. The number of rotatable bonds is 44. The monoisotopic (exact) mass is 1770 g/mol. The lowest BCUT2D eigenvalue weighted by Crippen LogP contribution is -2.72. The normalized spacial score (nSPS) is 32.2. The number of ketones is 1. The number of Topliss-reactive ketones (excluding diaryl/α,β-unsaturated/α-hetero) is 1. The molecule has 123 heavy (non-hydrogen) atoms. The molecule has 1 aromatic heterocycles. The molecule has 0 radical (unpaired) electrons. The number of nitrogens with one attached hydrogen (secondary N) is 2. The van der Waals surface area contributed by atoms with Gasteiger partial charge in [-0.05, 0) is 104 Å². The van der Waals surface area contributed by atoms with E-state index in [1.807, 2.05) is 6.08 Å². The summed E-state index contributed by atoms with van der Waals surface area (Å²) in [7, 11) is -5.86. The van der Waals surface area contributed by atoms with Crippen molar-refractivity contribution < 1.29 is 170 Å². The second-order valence-electron chi connectivity index (χ2n) is 31.8. The van der Waals surface area contributed by atoms with Crippen LogP contribution in [0.25, 0.3) is 5.69 Å². The minimum atomic E-state index is -5.86. The molecule has 6 heterocycles. The van der Waals surface area contributed by atoms with Gasteiger partial charge in [-0.15, -0.1) is 5.10 Å². The molecular formula is C77H116N9O36P. The second-order valence-corrected chi connectivity index (χ2v) is 33.2. The highest BCUT2D eigenvalue weighted by atomic mass is 31.2. The van der Waals surface area contributed by atoms with Gasteiger partial charge >= 0.3 is 25.9 Å². The number of allylic oxidation sites excluding steroid dienone is 8. The Hall–Kier alpha value is -7.98. The van der Waals surface area contributed by atoms with E-state index in [-0.39, 0.29) is 30.8 Å². The van der Waals surface area contributed by atoms with Crippen LogP contribution >= 0.6 is 7.82 Å². The van der Waals surface area contributed by atoms with Gasteiger partial charge in [0.2, 0.25) is 23.4 Å². The largest absolute Gasteiger partial charge is 0.481 e. The quantitative estimate of drug-likeness (QED) is 0.0130. The van der Waals surface area contributed by atoms with Gasteiger partial charge in [-0.1, -0.05) is 80.0 Å². The average Bonchev–Trinajstić information content (AvgIpc) is 1.59. The van der Waals surface area contributed by atoms with E-state index in [4.69, 9.17) is 78.4 Å². The third-order valence-electron chi connectivity index (χ3n) is 21.0. The summed E-state index contributed by atoms with van der Waals surface area (Å²) < 4.78 is 91.0. The zero-order valence-corrected chi connectivity index (χ0v) is 70.4. The summed E-state index contributed by atoms with van der Waals surface area (Å²) in [5.41, 5.74) is 16.5. The van der Waals surface area contributed by atoms with Crippen molar-refractivity contribution >= 4 is 55.0 Å².